The summed E-state index contributed by atoms with van der Waals surface area (Å²) in [7, 11) is 0. The number of alkyl halides is 3. The number of halogens is 3. The minimum absolute atomic E-state index is 0.287. The maximum absolute atomic E-state index is 12.8. The van der Waals surface area contributed by atoms with Gasteiger partial charge in [-0.05, 0) is 64.9 Å². The van der Waals surface area contributed by atoms with Gasteiger partial charge in [-0.3, -0.25) is 0 Å². The number of carbonyl (C=O) groups is 1. The van der Waals surface area contributed by atoms with Gasteiger partial charge in [0.1, 0.15) is 0 Å². The summed E-state index contributed by atoms with van der Waals surface area (Å²) in [5.74, 6) is -0.415. The lowest BCUT2D eigenvalue weighted by atomic mass is 10.00. The fraction of sp³-hybridized carbons (Fsp3) is 0.167. The predicted octanol–water partition coefficient (Wildman–Crippen LogP) is 5.19. The molecule has 0 bridgehead atoms. The third-order valence-corrected chi connectivity index (χ3v) is 3.63. The molecule has 0 N–H and O–H groups in total. The Labute approximate surface area is 130 Å². The lowest BCUT2D eigenvalue weighted by molar-refractivity contribution is -0.137. The first-order valence-electron chi connectivity index (χ1n) is 7.10. The normalized spacial score (nSPS) is 11.8. The van der Waals surface area contributed by atoms with E-state index in [1.54, 1.807) is 37.3 Å². The van der Waals surface area contributed by atoms with Crippen LogP contribution in [0.25, 0.3) is 21.5 Å². The van der Waals surface area contributed by atoms with Crippen LogP contribution < -0.4 is 0 Å². The Morgan fingerprint density at radius 3 is 2.13 bits per heavy atom. The molecule has 0 atom stereocenters. The van der Waals surface area contributed by atoms with Crippen molar-refractivity contribution in [3.8, 4) is 0 Å². The topological polar surface area (TPSA) is 26.3 Å². The summed E-state index contributed by atoms with van der Waals surface area (Å²) < 4.78 is 43.3. The van der Waals surface area contributed by atoms with E-state index in [2.05, 4.69) is 0 Å². The molecule has 118 valence electrons. The first kappa shape index (κ1) is 15.3. The Bertz CT molecular complexity index is 898. The molecule has 0 unspecified atom stereocenters. The van der Waals surface area contributed by atoms with Crippen molar-refractivity contribution in [2.24, 2.45) is 0 Å². The molecule has 2 nitrogen and oxygen atoms in total. The standard InChI is InChI=1S/C18H13F3O2/c1-2-23-17(22)13-4-3-11-8-15-10-16(18(19,20)21)6-5-12(15)7-14(11)9-13/h3-10H,2H2,1H3. The van der Waals surface area contributed by atoms with Crippen LogP contribution in [-0.2, 0) is 10.9 Å². The molecular weight excluding hydrogens is 305 g/mol. The molecule has 0 fully saturated rings. The van der Waals surface area contributed by atoms with E-state index in [-0.39, 0.29) is 6.61 Å². The van der Waals surface area contributed by atoms with Crippen molar-refractivity contribution >= 4 is 27.5 Å². The summed E-state index contributed by atoms with van der Waals surface area (Å²) in [6.45, 7) is 2.01. The fourth-order valence-electron chi connectivity index (χ4n) is 2.52. The summed E-state index contributed by atoms with van der Waals surface area (Å²) in [5, 5.41) is 2.75. The van der Waals surface area contributed by atoms with Crippen molar-refractivity contribution in [3.63, 3.8) is 0 Å². The molecule has 0 aromatic heterocycles. The van der Waals surface area contributed by atoms with E-state index >= 15 is 0 Å². The van der Waals surface area contributed by atoms with Gasteiger partial charge in [0.05, 0.1) is 17.7 Å². The lowest BCUT2D eigenvalue weighted by Crippen LogP contribution is -2.04. The highest BCUT2D eigenvalue weighted by Crippen LogP contribution is 2.33. The highest BCUT2D eigenvalue weighted by Gasteiger charge is 2.30. The second-order valence-electron chi connectivity index (χ2n) is 5.19. The molecular formula is C18H13F3O2. The molecule has 3 aromatic rings. The molecule has 0 saturated heterocycles. The van der Waals surface area contributed by atoms with Crippen LogP contribution in [0.5, 0.6) is 0 Å². The third-order valence-electron chi connectivity index (χ3n) is 3.63. The van der Waals surface area contributed by atoms with E-state index in [0.717, 1.165) is 22.9 Å². The van der Waals surface area contributed by atoms with Crippen LogP contribution in [0.4, 0.5) is 13.2 Å². The number of ether oxygens (including phenoxy) is 1. The Balaban J connectivity index is 2.13. The van der Waals surface area contributed by atoms with Crippen LogP contribution >= 0.6 is 0 Å². The fourth-order valence-corrected chi connectivity index (χ4v) is 2.52. The van der Waals surface area contributed by atoms with E-state index in [4.69, 9.17) is 4.74 Å². The van der Waals surface area contributed by atoms with E-state index in [1.807, 2.05) is 0 Å². The summed E-state index contributed by atoms with van der Waals surface area (Å²) >= 11 is 0. The molecule has 0 saturated carbocycles. The number of esters is 1. The van der Waals surface area contributed by atoms with E-state index < -0.39 is 17.7 Å². The van der Waals surface area contributed by atoms with Crippen molar-refractivity contribution in [2.75, 3.05) is 6.61 Å². The van der Waals surface area contributed by atoms with Crippen LogP contribution in [0.1, 0.15) is 22.8 Å². The highest BCUT2D eigenvalue weighted by molar-refractivity contribution is 6.01. The first-order chi connectivity index (χ1) is 10.9. The van der Waals surface area contributed by atoms with E-state index in [9.17, 15) is 18.0 Å². The second kappa shape index (κ2) is 5.57. The molecule has 0 aliphatic carbocycles. The maximum Gasteiger partial charge on any atom is 0.416 e. The predicted molar refractivity (Wildman–Crippen MR) is 82.4 cm³/mol. The van der Waals surface area contributed by atoms with Gasteiger partial charge in [-0.15, -0.1) is 0 Å². The molecule has 0 heterocycles. The van der Waals surface area contributed by atoms with Crippen LogP contribution in [0, 0.1) is 0 Å². The van der Waals surface area contributed by atoms with Crippen molar-refractivity contribution in [2.45, 2.75) is 13.1 Å². The third kappa shape index (κ3) is 2.99. The van der Waals surface area contributed by atoms with E-state index in [1.165, 1.54) is 6.07 Å². The van der Waals surface area contributed by atoms with Gasteiger partial charge in [0.15, 0.2) is 0 Å². The van der Waals surface area contributed by atoms with Gasteiger partial charge in [0.25, 0.3) is 0 Å². The Morgan fingerprint density at radius 2 is 1.52 bits per heavy atom. The molecule has 5 heteroatoms. The van der Waals surface area contributed by atoms with E-state index in [0.29, 0.717) is 16.3 Å². The zero-order valence-electron chi connectivity index (χ0n) is 12.3. The van der Waals surface area contributed by atoms with Crippen molar-refractivity contribution in [1.29, 1.82) is 0 Å². The lowest BCUT2D eigenvalue weighted by Gasteiger charge is -2.09. The van der Waals surface area contributed by atoms with Crippen LogP contribution in [0.2, 0.25) is 0 Å². The maximum atomic E-state index is 12.8. The Hall–Kier alpha value is -2.56. The van der Waals surface area contributed by atoms with Gasteiger partial charge in [-0.25, -0.2) is 4.79 Å². The Kier molecular flexibility index (Phi) is 3.72. The molecule has 0 aliphatic rings. The number of hydrogen-bond donors (Lipinski definition) is 0. The van der Waals surface area contributed by atoms with Gasteiger partial charge in [0.2, 0.25) is 0 Å². The molecule has 3 rings (SSSR count). The zero-order valence-corrected chi connectivity index (χ0v) is 12.3. The first-order valence-corrected chi connectivity index (χ1v) is 7.10. The van der Waals surface area contributed by atoms with Crippen molar-refractivity contribution in [3.05, 3.63) is 59.7 Å². The minimum Gasteiger partial charge on any atom is -0.462 e. The van der Waals surface area contributed by atoms with Gasteiger partial charge in [0, 0.05) is 0 Å². The molecule has 0 amide bonds. The SMILES string of the molecule is CCOC(=O)c1ccc2cc3cc(C(F)(F)F)ccc3cc2c1. The number of fused-ring (bicyclic) bond motifs is 2. The average Bonchev–Trinajstić information content (AvgIpc) is 2.51. The largest absolute Gasteiger partial charge is 0.462 e. The molecule has 23 heavy (non-hydrogen) atoms. The van der Waals surface area contributed by atoms with Crippen LogP contribution in [0.15, 0.2) is 48.5 Å². The molecule has 0 aliphatic heterocycles. The highest BCUT2D eigenvalue weighted by atomic mass is 19.4. The average molecular weight is 318 g/mol. The second-order valence-corrected chi connectivity index (χ2v) is 5.19. The molecule has 0 spiro atoms. The van der Waals surface area contributed by atoms with Crippen molar-refractivity contribution < 1.29 is 22.7 Å². The smallest absolute Gasteiger partial charge is 0.416 e. The summed E-state index contributed by atoms with van der Waals surface area (Å²) in [6, 6.07) is 12.1. The van der Waals surface area contributed by atoms with Gasteiger partial charge >= 0.3 is 12.1 Å². The van der Waals surface area contributed by atoms with Crippen LogP contribution in [-0.4, -0.2) is 12.6 Å². The number of rotatable bonds is 2. The monoisotopic (exact) mass is 318 g/mol. The number of hydrogen-bond acceptors (Lipinski definition) is 2. The summed E-state index contributed by atoms with van der Waals surface area (Å²) in [4.78, 5) is 11.8. The molecule has 0 radical (unpaired) electrons. The van der Waals surface area contributed by atoms with Gasteiger partial charge < -0.3 is 4.74 Å². The van der Waals surface area contributed by atoms with Gasteiger partial charge in [-0.1, -0.05) is 12.1 Å². The summed E-state index contributed by atoms with van der Waals surface area (Å²) in [6.07, 6.45) is -4.36. The summed E-state index contributed by atoms with van der Waals surface area (Å²) in [5.41, 5.74) is -0.252. The van der Waals surface area contributed by atoms with Gasteiger partial charge in [-0.2, -0.15) is 13.2 Å². The number of carbonyl (C=O) groups excluding carboxylic acids is 1. The van der Waals surface area contributed by atoms with Crippen LogP contribution in [0.3, 0.4) is 0 Å². The minimum atomic E-state index is -4.36. The number of benzene rings is 3. The zero-order chi connectivity index (χ0) is 16.6. The molecule has 3 aromatic carbocycles. The van der Waals surface area contributed by atoms with Crippen molar-refractivity contribution in [1.82, 2.24) is 0 Å². The quantitative estimate of drug-likeness (QED) is 0.480. The Morgan fingerprint density at radius 1 is 0.913 bits per heavy atom.